The minimum Gasteiger partial charge on any atom is -0.508 e. The first-order valence-electron chi connectivity index (χ1n) is 7.20. The van der Waals surface area contributed by atoms with Crippen LogP contribution in [0.3, 0.4) is 0 Å². The van der Waals surface area contributed by atoms with Crippen molar-refractivity contribution < 1.29 is 14.3 Å². The highest BCUT2D eigenvalue weighted by Gasteiger charge is 2.07. The van der Waals surface area contributed by atoms with Crippen LogP contribution in [0.5, 0.6) is 5.75 Å². The van der Waals surface area contributed by atoms with Crippen LogP contribution in [0.15, 0.2) is 64.1 Å². The van der Waals surface area contributed by atoms with Crippen LogP contribution in [-0.4, -0.2) is 17.2 Å². The maximum Gasteiger partial charge on any atom is 0.271 e. The summed E-state index contributed by atoms with van der Waals surface area (Å²) in [5.74, 6) is 0.759. The van der Waals surface area contributed by atoms with Crippen LogP contribution >= 0.6 is 23.2 Å². The van der Waals surface area contributed by atoms with E-state index in [1.165, 1.54) is 30.5 Å². The summed E-state index contributed by atoms with van der Waals surface area (Å²) in [6.45, 7) is 0. The van der Waals surface area contributed by atoms with Crippen LogP contribution in [0.2, 0.25) is 10.0 Å². The summed E-state index contributed by atoms with van der Waals surface area (Å²) in [5.41, 5.74) is 3.54. The lowest BCUT2D eigenvalue weighted by Crippen LogP contribution is -2.17. The first-order valence-corrected chi connectivity index (χ1v) is 7.96. The largest absolute Gasteiger partial charge is 0.508 e. The molecule has 0 aliphatic carbocycles. The Hall–Kier alpha value is -2.76. The number of halogens is 2. The number of rotatable bonds is 4. The van der Waals surface area contributed by atoms with E-state index in [0.717, 1.165) is 5.56 Å². The number of hydrogen-bond donors (Lipinski definition) is 2. The molecule has 0 bridgehead atoms. The maximum atomic E-state index is 11.9. The van der Waals surface area contributed by atoms with E-state index in [9.17, 15) is 9.90 Å². The highest BCUT2D eigenvalue weighted by Crippen LogP contribution is 2.29. The molecule has 2 N–H and O–H groups in total. The lowest BCUT2D eigenvalue weighted by molar-refractivity contribution is 0.0955. The van der Waals surface area contributed by atoms with E-state index in [4.69, 9.17) is 27.6 Å². The highest BCUT2D eigenvalue weighted by atomic mass is 35.5. The van der Waals surface area contributed by atoms with Gasteiger partial charge in [-0.3, -0.25) is 4.79 Å². The van der Waals surface area contributed by atoms with Gasteiger partial charge >= 0.3 is 0 Å². The van der Waals surface area contributed by atoms with E-state index >= 15 is 0 Å². The monoisotopic (exact) mass is 374 g/mol. The summed E-state index contributed by atoms with van der Waals surface area (Å²) in [6, 6.07) is 14.5. The van der Waals surface area contributed by atoms with Gasteiger partial charge in [0.1, 0.15) is 17.3 Å². The maximum absolute atomic E-state index is 11.9. The van der Waals surface area contributed by atoms with Crippen LogP contribution in [0.1, 0.15) is 16.1 Å². The number of carbonyl (C=O) groups excluding carboxylic acids is 1. The first-order chi connectivity index (χ1) is 12.0. The molecule has 0 saturated carbocycles. The zero-order chi connectivity index (χ0) is 17.8. The second-order valence-electron chi connectivity index (χ2n) is 5.08. The van der Waals surface area contributed by atoms with Gasteiger partial charge in [-0.1, -0.05) is 23.2 Å². The van der Waals surface area contributed by atoms with Crippen molar-refractivity contribution in [1.82, 2.24) is 5.43 Å². The molecule has 1 aromatic heterocycles. The predicted octanol–water partition coefficient (Wildman–Crippen LogP) is 4.72. The summed E-state index contributed by atoms with van der Waals surface area (Å²) in [7, 11) is 0. The Kier molecular flexibility index (Phi) is 5.07. The third-order valence-electron chi connectivity index (χ3n) is 3.32. The van der Waals surface area contributed by atoms with Gasteiger partial charge < -0.3 is 9.52 Å². The number of aromatic hydroxyl groups is 1. The summed E-state index contributed by atoms with van der Waals surface area (Å²) in [4.78, 5) is 11.9. The van der Waals surface area contributed by atoms with Gasteiger partial charge in [0.05, 0.1) is 16.3 Å². The van der Waals surface area contributed by atoms with E-state index < -0.39 is 5.91 Å². The zero-order valence-corrected chi connectivity index (χ0v) is 14.3. The standard InChI is InChI=1S/C18H12Cl2N2O3/c19-15-7-3-12(9-16(15)20)17-8-6-14(25-17)10-21-22-18(24)11-1-4-13(23)5-2-11/h1-10,23H,(H,22,24)/b21-10-. The Morgan fingerprint density at radius 1 is 1.04 bits per heavy atom. The molecule has 126 valence electrons. The zero-order valence-electron chi connectivity index (χ0n) is 12.7. The summed E-state index contributed by atoms with van der Waals surface area (Å²) in [5, 5.41) is 14.0. The molecule has 1 heterocycles. The van der Waals surface area contributed by atoms with Crippen molar-refractivity contribution in [2.45, 2.75) is 0 Å². The van der Waals surface area contributed by atoms with Crippen molar-refractivity contribution in [3.05, 3.63) is 76.0 Å². The number of amides is 1. The van der Waals surface area contributed by atoms with Gasteiger partial charge in [0, 0.05) is 11.1 Å². The van der Waals surface area contributed by atoms with Gasteiger partial charge in [-0.2, -0.15) is 5.10 Å². The molecule has 0 radical (unpaired) electrons. The fraction of sp³-hybridized carbons (Fsp3) is 0. The third-order valence-corrected chi connectivity index (χ3v) is 4.06. The minimum absolute atomic E-state index is 0.0884. The molecule has 1 amide bonds. The van der Waals surface area contributed by atoms with E-state index in [2.05, 4.69) is 10.5 Å². The molecule has 3 aromatic rings. The van der Waals surface area contributed by atoms with Gasteiger partial charge in [-0.25, -0.2) is 5.43 Å². The topological polar surface area (TPSA) is 74.8 Å². The summed E-state index contributed by atoms with van der Waals surface area (Å²) < 4.78 is 5.63. The van der Waals surface area contributed by atoms with Crippen molar-refractivity contribution in [2.24, 2.45) is 5.10 Å². The average molecular weight is 375 g/mol. The second kappa shape index (κ2) is 7.42. The van der Waals surface area contributed by atoms with Gasteiger partial charge in [0.15, 0.2) is 0 Å². The molecule has 0 unspecified atom stereocenters. The number of hydrazone groups is 1. The number of phenols is 1. The molecule has 0 saturated heterocycles. The van der Waals surface area contributed by atoms with E-state index in [1.54, 1.807) is 30.3 Å². The number of nitrogens with one attached hydrogen (secondary N) is 1. The number of phenolic OH excluding ortho intramolecular Hbond substituents is 1. The third kappa shape index (κ3) is 4.21. The Labute approximate surface area is 153 Å². The Bertz CT molecular complexity index is 934. The van der Waals surface area contributed by atoms with Crippen LogP contribution in [-0.2, 0) is 0 Å². The molecule has 0 fully saturated rings. The number of nitrogens with zero attached hydrogens (tertiary/aromatic N) is 1. The van der Waals surface area contributed by atoms with Crippen LogP contribution in [0.4, 0.5) is 0 Å². The van der Waals surface area contributed by atoms with Gasteiger partial charge in [-0.05, 0) is 54.6 Å². The number of furan rings is 1. The molecule has 2 aromatic carbocycles. The molecule has 0 aliphatic rings. The highest BCUT2D eigenvalue weighted by molar-refractivity contribution is 6.42. The molecule has 0 spiro atoms. The second-order valence-corrected chi connectivity index (χ2v) is 5.89. The molecule has 7 heteroatoms. The van der Waals surface area contributed by atoms with Gasteiger partial charge in [0.2, 0.25) is 0 Å². The van der Waals surface area contributed by atoms with Crippen molar-refractivity contribution in [3.8, 4) is 17.1 Å². The average Bonchev–Trinajstić information content (AvgIpc) is 3.07. The van der Waals surface area contributed by atoms with E-state index in [0.29, 0.717) is 27.1 Å². The number of hydrogen-bond acceptors (Lipinski definition) is 4. The molecule has 0 atom stereocenters. The quantitative estimate of drug-likeness (QED) is 0.512. The van der Waals surface area contributed by atoms with Crippen molar-refractivity contribution >= 4 is 35.3 Å². The number of carbonyl (C=O) groups is 1. The Morgan fingerprint density at radius 2 is 1.80 bits per heavy atom. The van der Waals surface area contributed by atoms with Crippen LogP contribution in [0, 0.1) is 0 Å². The Balaban J connectivity index is 1.66. The van der Waals surface area contributed by atoms with Gasteiger partial charge in [-0.15, -0.1) is 0 Å². The SMILES string of the molecule is O=C(N/N=C\c1ccc(-c2ccc(Cl)c(Cl)c2)o1)c1ccc(O)cc1. The first kappa shape index (κ1) is 17.1. The molecular weight excluding hydrogens is 363 g/mol. The van der Waals surface area contributed by atoms with Crippen LogP contribution < -0.4 is 5.43 Å². The number of benzene rings is 2. The molecule has 3 rings (SSSR count). The van der Waals surface area contributed by atoms with Crippen LogP contribution in [0.25, 0.3) is 11.3 Å². The predicted molar refractivity (Wildman–Crippen MR) is 97.3 cm³/mol. The molecular formula is C18H12Cl2N2O3. The lowest BCUT2D eigenvalue weighted by Gasteiger charge is -2.00. The van der Waals surface area contributed by atoms with Crippen molar-refractivity contribution in [3.63, 3.8) is 0 Å². The molecule has 5 nitrogen and oxygen atoms in total. The van der Waals surface area contributed by atoms with Crippen molar-refractivity contribution in [2.75, 3.05) is 0 Å². The molecule has 0 aliphatic heterocycles. The van der Waals surface area contributed by atoms with Gasteiger partial charge in [0.25, 0.3) is 5.91 Å². The molecule has 25 heavy (non-hydrogen) atoms. The smallest absolute Gasteiger partial charge is 0.271 e. The normalized spacial score (nSPS) is 11.0. The fourth-order valence-corrected chi connectivity index (χ4v) is 2.36. The summed E-state index contributed by atoms with van der Waals surface area (Å²) in [6.07, 6.45) is 1.39. The van der Waals surface area contributed by atoms with E-state index in [-0.39, 0.29) is 5.75 Å². The summed E-state index contributed by atoms with van der Waals surface area (Å²) >= 11 is 11.9. The minimum atomic E-state index is -0.396. The van der Waals surface area contributed by atoms with Crippen molar-refractivity contribution in [1.29, 1.82) is 0 Å². The Morgan fingerprint density at radius 3 is 2.52 bits per heavy atom. The lowest BCUT2D eigenvalue weighted by atomic mass is 10.2. The van der Waals surface area contributed by atoms with E-state index in [1.807, 2.05) is 0 Å². The fourth-order valence-electron chi connectivity index (χ4n) is 2.06.